The van der Waals surface area contributed by atoms with E-state index in [9.17, 15) is 0 Å². The Morgan fingerprint density at radius 2 is 2.16 bits per heavy atom. The summed E-state index contributed by atoms with van der Waals surface area (Å²) in [6, 6.07) is 5.20. The molecule has 19 heavy (non-hydrogen) atoms. The lowest BCUT2D eigenvalue weighted by Crippen LogP contribution is -2.18. The van der Waals surface area contributed by atoms with Crippen molar-refractivity contribution in [3.63, 3.8) is 0 Å². The third kappa shape index (κ3) is 3.14. The molecule has 0 fully saturated rings. The summed E-state index contributed by atoms with van der Waals surface area (Å²) >= 11 is 15.6. The lowest BCUT2D eigenvalue weighted by molar-refractivity contribution is 0.559. The minimum Gasteiger partial charge on any atom is -0.319 e. The van der Waals surface area contributed by atoms with Crippen LogP contribution in [0.3, 0.4) is 0 Å². The molecule has 0 spiro atoms. The third-order valence-corrected chi connectivity index (χ3v) is 4.07. The van der Waals surface area contributed by atoms with Gasteiger partial charge in [-0.2, -0.15) is 5.10 Å². The number of rotatable bonds is 4. The van der Waals surface area contributed by atoms with Gasteiger partial charge in [0.1, 0.15) is 0 Å². The normalized spacial score (nSPS) is 12.7. The van der Waals surface area contributed by atoms with Gasteiger partial charge in [-0.3, -0.25) is 4.68 Å². The van der Waals surface area contributed by atoms with Crippen LogP contribution in [0, 0.1) is 0 Å². The summed E-state index contributed by atoms with van der Waals surface area (Å²) < 4.78 is 2.72. The third-order valence-electron chi connectivity index (χ3n) is 2.86. The summed E-state index contributed by atoms with van der Waals surface area (Å²) in [5.74, 6) is 0. The molecule has 0 saturated heterocycles. The van der Waals surface area contributed by atoms with Crippen LogP contribution in [-0.2, 0) is 6.54 Å². The summed E-state index contributed by atoms with van der Waals surface area (Å²) in [5, 5.41) is 5.51. The zero-order chi connectivity index (χ0) is 14.0. The average molecular weight is 363 g/mol. The van der Waals surface area contributed by atoms with Crippen molar-refractivity contribution in [1.82, 2.24) is 9.78 Å². The van der Waals surface area contributed by atoms with Crippen LogP contribution in [0.4, 0.5) is 0 Å². The van der Waals surface area contributed by atoms with Crippen LogP contribution in [0.1, 0.15) is 30.6 Å². The van der Waals surface area contributed by atoms with Crippen molar-refractivity contribution in [3.8, 4) is 0 Å². The lowest BCUT2D eigenvalue weighted by atomic mass is 10.0. The zero-order valence-corrected chi connectivity index (χ0v) is 13.5. The summed E-state index contributed by atoms with van der Waals surface area (Å²) in [7, 11) is 0. The Morgan fingerprint density at radius 1 is 1.42 bits per heavy atom. The number of benzene rings is 1. The molecule has 2 N–H and O–H groups in total. The SMILES string of the molecule is CCCn1ncc(Cl)c1C(N)c1ccc(Cl)cc1Br. The maximum atomic E-state index is 6.33. The van der Waals surface area contributed by atoms with Crippen LogP contribution in [0.15, 0.2) is 28.9 Å². The minimum absolute atomic E-state index is 0.340. The van der Waals surface area contributed by atoms with Crippen molar-refractivity contribution >= 4 is 39.1 Å². The number of hydrogen-bond donors (Lipinski definition) is 1. The van der Waals surface area contributed by atoms with E-state index in [1.807, 2.05) is 22.9 Å². The van der Waals surface area contributed by atoms with Gasteiger partial charge in [0.25, 0.3) is 0 Å². The van der Waals surface area contributed by atoms with Crippen molar-refractivity contribution in [1.29, 1.82) is 0 Å². The molecule has 1 unspecified atom stereocenters. The quantitative estimate of drug-likeness (QED) is 0.875. The highest BCUT2D eigenvalue weighted by Gasteiger charge is 2.20. The van der Waals surface area contributed by atoms with Crippen molar-refractivity contribution in [2.75, 3.05) is 0 Å². The van der Waals surface area contributed by atoms with E-state index in [1.165, 1.54) is 0 Å². The predicted molar refractivity (Wildman–Crippen MR) is 82.7 cm³/mol. The molecule has 0 aliphatic heterocycles. The van der Waals surface area contributed by atoms with Gasteiger partial charge in [-0.25, -0.2) is 0 Å². The van der Waals surface area contributed by atoms with Crippen molar-refractivity contribution in [2.45, 2.75) is 25.9 Å². The molecule has 1 atom stereocenters. The van der Waals surface area contributed by atoms with Crippen LogP contribution in [0.25, 0.3) is 0 Å². The summed E-state index contributed by atoms with van der Waals surface area (Å²) in [6.45, 7) is 2.88. The molecule has 0 radical (unpaired) electrons. The van der Waals surface area contributed by atoms with E-state index >= 15 is 0 Å². The molecule has 2 aromatic rings. The first-order valence-corrected chi connectivity index (χ1v) is 7.51. The van der Waals surface area contributed by atoms with Crippen LogP contribution < -0.4 is 5.73 Å². The molecule has 0 bridgehead atoms. The van der Waals surface area contributed by atoms with Gasteiger partial charge in [-0.1, -0.05) is 52.1 Å². The molecule has 0 amide bonds. The van der Waals surface area contributed by atoms with Gasteiger partial charge >= 0.3 is 0 Å². The standard InChI is InChI=1S/C13H14BrCl2N3/c1-2-5-19-13(11(16)7-18-19)12(17)9-4-3-8(15)6-10(9)14/h3-4,6-7,12H,2,5,17H2,1H3. The fourth-order valence-electron chi connectivity index (χ4n) is 1.97. The van der Waals surface area contributed by atoms with Gasteiger partial charge in [-0.05, 0) is 24.1 Å². The highest BCUT2D eigenvalue weighted by Crippen LogP contribution is 2.32. The second-order valence-corrected chi connectivity index (χ2v) is 5.94. The Kier molecular flexibility index (Phi) is 4.90. The molecule has 102 valence electrons. The van der Waals surface area contributed by atoms with Crippen molar-refractivity contribution in [2.24, 2.45) is 5.73 Å². The first kappa shape index (κ1) is 14.9. The van der Waals surface area contributed by atoms with Crippen LogP contribution in [0.2, 0.25) is 10.0 Å². The highest BCUT2D eigenvalue weighted by molar-refractivity contribution is 9.10. The van der Waals surface area contributed by atoms with Crippen LogP contribution in [-0.4, -0.2) is 9.78 Å². The molecule has 1 heterocycles. The molecular weight excluding hydrogens is 349 g/mol. The summed E-state index contributed by atoms with van der Waals surface area (Å²) in [5.41, 5.74) is 8.09. The van der Waals surface area contributed by atoms with Gasteiger partial charge in [0.2, 0.25) is 0 Å². The lowest BCUT2D eigenvalue weighted by Gasteiger charge is -2.16. The molecule has 0 aliphatic carbocycles. The summed E-state index contributed by atoms with van der Waals surface area (Å²) in [4.78, 5) is 0. The Labute approximate surface area is 130 Å². The van der Waals surface area contributed by atoms with Crippen molar-refractivity contribution < 1.29 is 0 Å². The van der Waals surface area contributed by atoms with E-state index in [-0.39, 0.29) is 6.04 Å². The number of nitrogens with zero attached hydrogens (tertiary/aromatic N) is 2. The molecular formula is C13H14BrCl2N3. The number of aryl methyl sites for hydroxylation is 1. The Hall–Kier alpha value is -0.550. The maximum absolute atomic E-state index is 6.33. The fraction of sp³-hybridized carbons (Fsp3) is 0.308. The molecule has 6 heteroatoms. The number of nitrogens with two attached hydrogens (primary N) is 1. The smallest absolute Gasteiger partial charge is 0.0837 e. The minimum atomic E-state index is -0.340. The van der Waals surface area contributed by atoms with Gasteiger partial charge in [0.15, 0.2) is 0 Å². The second kappa shape index (κ2) is 6.27. The second-order valence-electron chi connectivity index (χ2n) is 4.24. The van der Waals surface area contributed by atoms with E-state index in [0.717, 1.165) is 28.7 Å². The first-order chi connectivity index (χ1) is 9.04. The first-order valence-electron chi connectivity index (χ1n) is 5.96. The van der Waals surface area contributed by atoms with Crippen LogP contribution in [0.5, 0.6) is 0 Å². The fourth-order valence-corrected chi connectivity index (χ4v) is 3.16. The van der Waals surface area contributed by atoms with Gasteiger partial charge in [-0.15, -0.1) is 0 Å². The number of hydrogen-bond acceptors (Lipinski definition) is 2. The van der Waals surface area contributed by atoms with Gasteiger partial charge in [0, 0.05) is 16.0 Å². The molecule has 3 nitrogen and oxygen atoms in total. The van der Waals surface area contributed by atoms with E-state index in [4.69, 9.17) is 28.9 Å². The molecule has 0 saturated carbocycles. The van der Waals surface area contributed by atoms with E-state index in [2.05, 4.69) is 28.0 Å². The Bertz CT molecular complexity index is 583. The van der Waals surface area contributed by atoms with Crippen molar-refractivity contribution in [3.05, 3.63) is 50.2 Å². The molecule has 0 aliphatic rings. The maximum Gasteiger partial charge on any atom is 0.0837 e. The average Bonchev–Trinajstić information content (AvgIpc) is 2.70. The van der Waals surface area contributed by atoms with E-state index < -0.39 is 0 Å². The van der Waals surface area contributed by atoms with Crippen LogP contribution >= 0.6 is 39.1 Å². The Balaban J connectivity index is 2.43. The van der Waals surface area contributed by atoms with Gasteiger partial charge in [0.05, 0.1) is 23.0 Å². The predicted octanol–water partition coefficient (Wildman–Crippen LogP) is 4.41. The Morgan fingerprint density at radius 3 is 2.79 bits per heavy atom. The highest BCUT2D eigenvalue weighted by atomic mass is 79.9. The topological polar surface area (TPSA) is 43.8 Å². The van der Waals surface area contributed by atoms with E-state index in [1.54, 1.807) is 6.20 Å². The van der Waals surface area contributed by atoms with E-state index in [0.29, 0.717) is 10.0 Å². The largest absolute Gasteiger partial charge is 0.319 e. The molecule has 1 aromatic carbocycles. The molecule has 2 rings (SSSR count). The molecule has 1 aromatic heterocycles. The van der Waals surface area contributed by atoms with Gasteiger partial charge < -0.3 is 5.73 Å². The number of halogens is 3. The zero-order valence-electron chi connectivity index (χ0n) is 10.4. The summed E-state index contributed by atoms with van der Waals surface area (Å²) in [6.07, 6.45) is 2.61. The number of aromatic nitrogens is 2. The monoisotopic (exact) mass is 361 g/mol.